The Bertz CT molecular complexity index is 466. The molecule has 19 heavy (non-hydrogen) atoms. The van der Waals surface area contributed by atoms with E-state index < -0.39 is 6.10 Å². The van der Waals surface area contributed by atoms with Gasteiger partial charge in [0.25, 0.3) is 0 Å². The standard InChI is InChI=1S/C15H19BrO3/c1-11(4-6-14(18)3-2-8-17)9-12-10-13(16)5-7-15(12)19/h2-3,5,7,9-10,14,17-19H,4,6,8H2,1H3/b3-2-,11-9+/t14-/m0/s1. The molecule has 0 heterocycles. The zero-order valence-electron chi connectivity index (χ0n) is 10.9. The van der Waals surface area contributed by atoms with Crippen LogP contribution < -0.4 is 0 Å². The first-order valence-electron chi connectivity index (χ1n) is 6.14. The average Bonchev–Trinajstić information content (AvgIpc) is 2.38. The second-order valence-electron chi connectivity index (χ2n) is 4.41. The fourth-order valence-corrected chi connectivity index (χ4v) is 2.05. The first-order chi connectivity index (χ1) is 9.02. The zero-order chi connectivity index (χ0) is 14.3. The first-order valence-corrected chi connectivity index (χ1v) is 6.93. The molecule has 0 aliphatic rings. The van der Waals surface area contributed by atoms with E-state index >= 15 is 0 Å². The van der Waals surface area contributed by atoms with Crippen molar-refractivity contribution in [2.75, 3.05) is 6.61 Å². The third-order valence-electron chi connectivity index (χ3n) is 2.69. The van der Waals surface area contributed by atoms with Crippen molar-refractivity contribution in [1.29, 1.82) is 0 Å². The number of benzene rings is 1. The maximum absolute atomic E-state index is 9.72. The molecule has 0 unspecified atom stereocenters. The number of phenols is 1. The van der Waals surface area contributed by atoms with Gasteiger partial charge in [0.05, 0.1) is 12.7 Å². The van der Waals surface area contributed by atoms with Crippen molar-refractivity contribution in [3.05, 3.63) is 46.0 Å². The molecule has 0 bridgehead atoms. The van der Waals surface area contributed by atoms with Crippen molar-refractivity contribution in [1.82, 2.24) is 0 Å². The minimum absolute atomic E-state index is 0.0577. The number of allylic oxidation sites excluding steroid dienone is 1. The Labute approximate surface area is 122 Å². The third-order valence-corrected chi connectivity index (χ3v) is 3.18. The molecule has 0 aliphatic carbocycles. The van der Waals surface area contributed by atoms with Crippen LogP contribution in [0.1, 0.15) is 25.3 Å². The summed E-state index contributed by atoms with van der Waals surface area (Å²) in [6.45, 7) is 1.90. The number of hydrogen-bond acceptors (Lipinski definition) is 3. The highest BCUT2D eigenvalue weighted by molar-refractivity contribution is 9.10. The summed E-state index contributed by atoms with van der Waals surface area (Å²) in [7, 11) is 0. The largest absolute Gasteiger partial charge is 0.507 e. The van der Waals surface area contributed by atoms with Crippen LogP contribution in [0.4, 0.5) is 0 Å². The molecule has 0 aromatic heterocycles. The minimum Gasteiger partial charge on any atom is -0.507 e. The predicted octanol–water partition coefficient (Wildman–Crippen LogP) is 3.25. The van der Waals surface area contributed by atoms with Gasteiger partial charge in [-0.15, -0.1) is 0 Å². The fourth-order valence-electron chi connectivity index (χ4n) is 1.67. The molecule has 0 spiro atoms. The normalized spacial score (nSPS) is 14.0. The minimum atomic E-state index is -0.549. The van der Waals surface area contributed by atoms with Crippen LogP contribution in [0, 0.1) is 0 Å². The quantitative estimate of drug-likeness (QED) is 0.703. The number of halogens is 1. The predicted molar refractivity (Wildman–Crippen MR) is 80.9 cm³/mol. The first kappa shape index (κ1) is 16.0. The van der Waals surface area contributed by atoms with Crippen LogP contribution >= 0.6 is 15.9 Å². The Morgan fingerprint density at radius 1 is 1.42 bits per heavy atom. The van der Waals surface area contributed by atoms with Crippen LogP contribution in [-0.2, 0) is 0 Å². The number of aromatic hydroxyl groups is 1. The van der Waals surface area contributed by atoms with Crippen molar-refractivity contribution in [2.24, 2.45) is 0 Å². The summed E-state index contributed by atoms with van der Waals surface area (Å²) in [5, 5.41) is 27.9. The maximum atomic E-state index is 9.72. The van der Waals surface area contributed by atoms with E-state index in [9.17, 15) is 10.2 Å². The van der Waals surface area contributed by atoms with E-state index in [0.717, 1.165) is 22.0 Å². The summed E-state index contributed by atoms with van der Waals surface area (Å²) in [6, 6.07) is 5.27. The highest BCUT2D eigenvalue weighted by atomic mass is 79.9. The number of aliphatic hydroxyl groups excluding tert-OH is 2. The van der Waals surface area contributed by atoms with Gasteiger partial charge in [-0.1, -0.05) is 39.7 Å². The van der Waals surface area contributed by atoms with Crippen LogP contribution in [0.3, 0.4) is 0 Å². The van der Waals surface area contributed by atoms with Crippen molar-refractivity contribution in [3.8, 4) is 5.75 Å². The monoisotopic (exact) mass is 326 g/mol. The summed E-state index contributed by atoms with van der Waals surface area (Å²) in [4.78, 5) is 0. The molecule has 1 atom stereocenters. The summed E-state index contributed by atoms with van der Waals surface area (Å²) in [5.74, 6) is 0.239. The van der Waals surface area contributed by atoms with Crippen LogP contribution in [0.5, 0.6) is 5.75 Å². The van der Waals surface area contributed by atoms with E-state index in [1.807, 2.05) is 19.1 Å². The molecule has 3 nitrogen and oxygen atoms in total. The van der Waals surface area contributed by atoms with Crippen LogP contribution in [0.2, 0.25) is 0 Å². The molecule has 0 saturated heterocycles. The van der Waals surface area contributed by atoms with Gasteiger partial charge in [0.1, 0.15) is 5.75 Å². The average molecular weight is 327 g/mol. The number of rotatable bonds is 6. The Hall–Kier alpha value is -1.10. The van der Waals surface area contributed by atoms with Gasteiger partial charge in [0, 0.05) is 10.0 Å². The molecule has 1 rings (SSSR count). The highest BCUT2D eigenvalue weighted by Gasteiger charge is 2.02. The lowest BCUT2D eigenvalue weighted by Crippen LogP contribution is -2.02. The van der Waals surface area contributed by atoms with Gasteiger partial charge in [-0.25, -0.2) is 0 Å². The molecule has 3 N–H and O–H groups in total. The van der Waals surface area contributed by atoms with Crippen LogP contribution in [-0.4, -0.2) is 28.0 Å². The molecular weight excluding hydrogens is 308 g/mol. The van der Waals surface area contributed by atoms with Gasteiger partial charge in [-0.3, -0.25) is 0 Å². The maximum Gasteiger partial charge on any atom is 0.122 e. The Morgan fingerprint density at radius 2 is 2.16 bits per heavy atom. The van der Waals surface area contributed by atoms with Gasteiger partial charge in [-0.2, -0.15) is 0 Å². The Balaban J connectivity index is 2.62. The smallest absolute Gasteiger partial charge is 0.122 e. The number of aliphatic hydroxyl groups is 2. The summed E-state index contributed by atoms with van der Waals surface area (Å²) < 4.78 is 0.912. The highest BCUT2D eigenvalue weighted by Crippen LogP contribution is 2.25. The molecule has 0 saturated carbocycles. The van der Waals surface area contributed by atoms with Gasteiger partial charge in [-0.05, 0) is 38.0 Å². The van der Waals surface area contributed by atoms with E-state index in [2.05, 4.69) is 15.9 Å². The molecule has 0 amide bonds. The third kappa shape index (κ3) is 6.05. The van der Waals surface area contributed by atoms with E-state index in [1.54, 1.807) is 18.2 Å². The molecule has 0 aliphatic heterocycles. The van der Waals surface area contributed by atoms with Crippen molar-refractivity contribution >= 4 is 22.0 Å². The lowest BCUT2D eigenvalue weighted by atomic mass is 10.0. The van der Waals surface area contributed by atoms with E-state index in [-0.39, 0.29) is 12.4 Å². The molecule has 1 aromatic carbocycles. The van der Waals surface area contributed by atoms with E-state index in [0.29, 0.717) is 6.42 Å². The van der Waals surface area contributed by atoms with Crippen LogP contribution in [0.15, 0.2) is 40.4 Å². The van der Waals surface area contributed by atoms with Crippen molar-refractivity contribution < 1.29 is 15.3 Å². The Kier molecular flexibility index (Phi) is 6.84. The van der Waals surface area contributed by atoms with Gasteiger partial charge >= 0.3 is 0 Å². The molecule has 0 fully saturated rings. The lowest BCUT2D eigenvalue weighted by molar-refractivity contribution is 0.211. The second-order valence-corrected chi connectivity index (χ2v) is 5.33. The Morgan fingerprint density at radius 3 is 2.84 bits per heavy atom. The molecular formula is C15H19BrO3. The van der Waals surface area contributed by atoms with Crippen LogP contribution in [0.25, 0.3) is 6.08 Å². The van der Waals surface area contributed by atoms with Gasteiger partial charge in [0.2, 0.25) is 0 Å². The topological polar surface area (TPSA) is 60.7 Å². The zero-order valence-corrected chi connectivity index (χ0v) is 12.5. The summed E-state index contributed by atoms with van der Waals surface area (Å²) in [5.41, 5.74) is 1.83. The van der Waals surface area contributed by atoms with Gasteiger partial charge in [0.15, 0.2) is 0 Å². The molecule has 4 heteroatoms. The molecule has 0 radical (unpaired) electrons. The fraction of sp³-hybridized carbons (Fsp3) is 0.333. The van der Waals surface area contributed by atoms with Crippen molar-refractivity contribution in [2.45, 2.75) is 25.9 Å². The van der Waals surface area contributed by atoms with Crippen molar-refractivity contribution in [3.63, 3.8) is 0 Å². The summed E-state index contributed by atoms with van der Waals surface area (Å²) >= 11 is 3.36. The number of hydrogen-bond donors (Lipinski definition) is 3. The summed E-state index contributed by atoms with van der Waals surface area (Å²) in [6.07, 6.45) is 5.79. The molecule has 104 valence electrons. The number of phenolic OH excluding ortho intramolecular Hbond substituents is 1. The van der Waals surface area contributed by atoms with E-state index in [1.165, 1.54) is 6.08 Å². The molecule has 1 aromatic rings. The lowest BCUT2D eigenvalue weighted by Gasteiger charge is -2.07. The SMILES string of the molecule is C/C(=C\c1cc(Br)ccc1O)CC[C@@H](O)/C=C\CO. The van der Waals surface area contributed by atoms with Gasteiger partial charge < -0.3 is 15.3 Å². The second kappa shape index (κ2) is 8.15. The van der Waals surface area contributed by atoms with E-state index in [4.69, 9.17) is 5.11 Å².